The predicted molar refractivity (Wildman–Crippen MR) is 142 cm³/mol. The molecule has 10 heteroatoms. The summed E-state index contributed by atoms with van der Waals surface area (Å²) in [5.74, 6) is -0.573. The Morgan fingerprint density at radius 1 is 1.11 bits per heavy atom. The first-order chi connectivity index (χ1) is 18.0. The molecular weight excluding hydrogens is 508 g/mol. The Morgan fingerprint density at radius 2 is 1.81 bits per heavy atom. The lowest BCUT2D eigenvalue weighted by atomic mass is 9.61. The van der Waals surface area contributed by atoms with Gasteiger partial charge in [-0.05, 0) is 73.3 Å². The van der Waals surface area contributed by atoms with Crippen LogP contribution in [-0.4, -0.2) is 63.0 Å². The largest absolute Gasteiger partial charge is 0.460 e. The van der Waals surface area contributed by atoms with Crippen molar-refractivity contribution in [2.75, 3.05) is 19.6 Å². The first kappa shape index (κ1) is 24.4. The number of thiophene rings is 2. The van der Waals surface area contributed by atoms with Gasteiger partial charge in [-0.2, -0.15) is 0 Å². The number of hydrogen-bond acceptors (Lipinski definition) is 9. The molecule has 0 unspecified atom stereocenters. The van der Waals surface area contributed by atoms with E-state index in [0.29, 0.717) is 15.3 Å². The molecule has 8 nitrogen and oxygen atoms in total. The third kappa shape index (κ3) is 4.52. The van der Waals surface area contributed by atoms with Gasteiger partial charge in [0.2, 0.25) is 5.60 Å². The van der Waals surface area contributed by atoms with Crippen molar-refractivity contribution < 1.29 is 19.4 Å². The molecule has 1 aliphatic carbocycles. The monoisotopic (exact) mass is 536 g/mol. The van der Waals surface area contributed by atoms with Gasteiger partial charge >= 0.3 is 5.97 Å². The molecule has 37 heavy (non-hydrogen) atoms. The zero-order chi connectivity index (χ0) is 25.5. The number of esters is 1. The van der Waals surface area contributed by atoms with Crippen molar-refractivity contribution in [1.82, 2.24) is 19.9 Å². The Hall–Kier alpha value is -2.92. The number of benzene rings is 1. The lowest BCUT2D eigenvalue weighted by Gasteiger charge is -2.58. The average molecular weight is 537 g/mol. The fourth-order valence-electron chi connectivity index (χ4n) is 5.66. The quantitative estimate of drug-likeness (QED) is 0.185. The zero-order valence-corrected chi connectivity index (χ0v) is 21.9. The van der Waals surface area contributed by atoms with Gasteiger partial charge in [0.15, 0.2) is 0 Å². The van der Waals surface area contributed by atoms with Gasteiger partial charge in [0, 0.05) is 30.6 Å². The van der Waals surface area contributed by atoms with Crippen molar-refractivity contribution >= 4 is 46.0 Å². The van der Waals surface area contributed by atoms with Gasteiger partial charge in [-0.3, -0.25) is 4.79 Å². The molecule has 3 aromatic heterocycles. The standard InChI is InChI=1S/C27H28N4O4S2/c32-16-19-7-8-22-21(13-19)28-29-31(22)10-2-1-9-30-17-26(18-30)14-20(15-26)35-25(33)27(34,23-5-3-11-36-23)24-6-4-12-37-24/h3-8,11-13,16,20,34H,1-2,9-10,14-15,17-18H2. The number of aldehydes is 1. The van der Waals surface area contributed by atoms with Gasteiger partial charge in [0.05, 0.1) is 15.3 Å². The number of aryl methyl sites for hydroxylation is 1. The number of ether oxygens (including phenoxy) is 1. The normalized spacial score (nSPS) is 17.5. The van der Waals surface area contributed by atoms with Crippen LogP contribution in [0.1, 0.15) is 45.8 Å². The van der Waals surface area contributed by atoms with Gasteiger partial charge in [-0.15, -0.1) is 27.8 Å². The molecule has 0 atom stereocenters. The average Bonchev–Trinajstić information content (AvgIpc) is 3.65. The lowest BCUT2D eigenvalue weighted by molar-refractivity contribution is -0.191. The second-order valence-corrected chi connectivity index (χ2v) is 12.1. The van der Waals surface area contributed by atoms with E-state index in [4.69, 9.17) is 4.74 Å². The summed E-state index contributed by atoms with van der Waals surface area (Å²) in [6, 6.07) is 12.7. The zero-order valence-electron chi connectivity index (χ0n) is 20.3. The number of nitrogens with zero attached hydrogens (tertiary/aromatic N) is 4. The van der Waals surface area contributed by atoms with E-state index in [1.807, 2.05) is 33.6 Å². The lowest BCUT2D eigenvalue weighted by Crippen LogP contribution is -2.64. The van der Waals surface area contributed by atoms with E-state index in [9.17, 15) is 14.7 Å². The van der Waals surface area contributed by atoms with Gasteiger partial charge in [0.1, 0.15) is 17.9 Å². The summed E-state index contributed by atoms with van der Waals surface area (Å²) in [5, 5.41) is 23.5. The number of unbranched alkanes of at least 4 members (excludes halogenated alkanes) is 1. The van der Waals surface area contributed by atoms with Crippen molar-refractivity contribution in [3.63, 3.8) is 0 Å². The Balaban J connectivity index is 0.946. The summed E-state index contributed by atoms with van der Waals surface area (Å²) in [6.45, 7) is 3.89. The second-order valence-electron chi connectivity index (χ2n) is 10.2. The van der Waals surface area contributed by atoms with E-state index in [0.717, 1.165) is 69.2 Å². The topological polar surface area (TPSA) is 97.5 Å². The van der Waals surface area contributed by atoms with Gasteiger partial charge in [-0.25, -0.2) is 9.48 Å². The molecule has 0 radical (unpaired) electrons. The van der Waals surface area contributed by atoms with Crippen LogP contribution >= 0.6 is 22.7 Å². The van der Waals surface area contributed by atoms with Crippen molar-refractivity contribution in [2.24, 2.45) is 5.41 Å². The Morgan fingerprint density at radius 3 is 2.46 bits per heavy atom. The number of rotatable bonds is 10. The highest BCUT2D eigenvalue weighted by atomic mass is 32.1. The summed E-state index contributed by atoms with van der Waals surface area (Å²) in [4.78, 5) is 27.7. The van der Waals surface area contributed by atoms with Gasteiger partial charge in [0.25, 0.3) is 0 Å². The van der Waals surface area contributed by atoms with E-state index >= 15 is 0 Å². The maximum atomic E-state index is 13.1. The molecule has 1 saturated heterocycles. The molecule has 1 N–H and O–H groups in total. The molecular formula is C27H28N4O4S2. The van der Waals surface area contributed by atoms with Gasteiger partial charge in [-0.1, -0.05) is 17.3 Å². The maximum absolute atomic E-state index is 13.1. The van der Waals surface area contributed by atoms with Crippen LogP contribution in [0, 0.1) is 5.41 Å². The Kier molecular flexibility index (Phi) is 6.44. The predicted octanol–water partition coefficient (Wildman–Crippen LogP) is 4.09. The van der Waals surface area contributed by atoms with Crippen LogP contribution < -0.4 is 0 Å². The van der Waals surface area contributed by atoms with Crippen molar-refractivity contribution in [3.05, 3.63) is 68.5 Å². The third-order valence-electron chi connectivity index (χ3n) is 7.53. The smallest absolute Gasteiger partial charge is 0.349 e. The molecule has 1 spiro atoms. The highest BCUT2D eigenvalue weighted by molar-refractivity contribution is 7.12. The Bertz CT molecular complexity index is 1350. The van der Waals surface area contributed by atoms with Crippen molar-refractivity contribution in [3.8, 4) is 0 Å². The minimum Gasteiger partial charge on any atom is -0.460 e. The van der Waals surface area contributed by atoms with Crippen LogP contribution in [0.25, 0.3) is 11.0 Å². The number of aliphatic hydroxyl groups is 1. The number of hydrogen-bond donors (Lipinski definition) is 1. The van der Waals surface area contributed by atoms with E-state index in [1.165, 1.54) is 22.7 Å². The fraction of sp³-hybridized carbons (Fsp3) is 0.407. The first-order valence-corrected chi connectivity index (χ1v) is 14.3. The molecule has 192 valence electrons. The van der Waals surface area contributed by atoms with Crippen LogP contribution in [0.2, 0.25) is 0 Å². The SMILES string of the molecule is O=Cc1ccc2c(c1)nnn2CCCCN1CC2(CC(OC(=O)C(O)(c3cccs3)c3cccs3)C2)C1. The molecule has 1 aromatic carbocycles. The molecule has 2 fully saturated rings. The van der Waals surface area contributed by atoms with Gasteiger partial charge < -0.3 is 14.7 Å². The summed E-state index contributed by atoms with van der Waals surface area (Å²) in [5.41, 5.74) is 0.823. The summed E-state index contributed by atoms with van der Waals surface area (Å²) in [6.07, 6.45) is 4.46. The first-order valence-electron chi connectivity index (χ1n) is 12.5. The van der Waals surface area contributed by atoms with Crippen LogP contribution in [0.3, 0.4) is 0 Å². The number of carbonyl (C=O) groups excluding carboxylic acids is 2. The fourth-order valence-corrected chi connectivity index (χ4v) is 7.37. The van der Waals surface area contributed by atoms with Crippen molar-refractivity contribution in [2.45, 2.75) is 43.9 Å². The van der Waals surface area contributed by atoms with E-state index in [-0.39, 0.29) is 11.5 Å². The summed E-state index contributed by atoms with van der Waals surface area (Å²) in [7, 11) is 0. The molecule has 1 aliphatic heterocycles. The third-order valence-corrected chi connectivity index (χ3v) is 9.49. The maximum Gasteiger partial charge on any atom is 0.349 e. The van der Waals surface area contributed by atoms with Crippen LogP contribution in [0.5, 0.6) is 0 Å². The van der Waals surface area contributed by atoms with E-state index in [1.54, 1.807) is 24.3 Å². The summed E-state index contributed by atoms with van der Waals surface area (Å²) < 4.78 is 7.73. The van der Waals surface area contributed by atoms with E-state index < -0.39 is 11.6 Å². The van der Waals surface area contributed by atoms with Crippen LogP contribution in [-0.2, 0) is 21.7 Å². The molecule has 1 saturated carbocycles. The summed E-state index contributed by atoms with van der Waals surface area (Å²) >= 11 is 2.73. The highest BCUT2D eigenvalue weighted by Crippen LogP contribution is 2.50. The minimum atomic E-state index is -1.73. The number of likely N-dealkylation sites (tertiary alicyclic amines) is 1. The molecule has 2 aliphatic rings. The highest BCUT2D eigenvalue weighted by Gasteiger charge is 2.55. The molecule has 0 amide bonds. The number of fused-ring (bicyclic) bond motifs is 1. The molecule has 4 aromatic rings. The molecule has 6 rings (SSSR count). The van der Waals surface area contributed by atoms with Crippen molar-refractivity contribution in [1.29, 1.82) is 0 Å². The molecule has 4 heterocycles. The number of aromatic nitrogens is 3. The minimum absolute atomic E-state index is 0.138. The van der Waals surface area contributed by atoms with Crippen LogP contribution in [0.15, 0.2) is 53.2 Å². The number of carbonyl (C=O) groups is 2. The molecule has 0 bridgehead atoms. The van der Waals surface area contributed by atoms with E-state index in [2.05, 4.69) is 15.2 Å². The second kappa shape index (κ2) is 9.75. The van der Waals surface area contributed by atoms with Crippen LogP contribution in [0.4, 0.5) is 0 Å². The Labute approximate surface area is 222 Å².